The monoisotopic (exact) mass is 276 g/mol. The summed E-state index contributed by atoms with van der Waals surface area (Å²) in [4.78, 5) is 12.1. The second kappa shape index (κ2) is 7.44. The minimum Gasteiger partial charge on any atom is -0.348 e. The Hall–Kier alpha value is -1.35. The van der Waals surface area contributed by atoms with Crippen LogP contribution in [0.1, 0.15) is 64.1 Å². The van der Waals surface area contributed by atoms with Crippen LogP contribution < -0.4 is 11.1 Å². The summed E-state index contributed by atoms with van der Waals surface area (Å²) >= 11 is 0. The predicted molar refractivity (Wildman–Crippen MR) is 84.5 cm³/mol. The molecule has 3 unspecified atom stereocenters. The lowest BCUT2D eigenvalue weighted by Crippen LogP contribution is -2.45. The van der Waals surface area contributed by atoms with Gasteiger partial charge in [-0.05, 0) is 29.9 Å². The molecule has 112 valence electrons. The van der Waals surface area contributed by atoms with E-state index in [1.165, 1.54) is 5.56 Å². The Labute approximate surface area is 122 Å². The molecule has 1 amide bonds. The number of hydrogen-bond acceptors (Lipinski definition) is 2. The predicted octanol–water partition coefficient (Wildman–Crippen LogP) is 3.36. The topological polar surface area (TPSA) is 55.1 Å². The molecule has 20 heavy (non-hydrogen) atoms. The van der Waals surface area contributed by atoms with Gasteiger partial charge in [0.25, 0.3) is 0 Å². The van der Waals surface area contributed by atoms with Crippen molar-refractivity contribution in [2.45, 2.75) is 59.0 Å². The molecule has 3 heteroatoms. The molecule has 0 fully saturated rings. The van der Waals surface area contributed by atoms with Crippen LogP contribution in [0.5, 0.6) is 0 Å². The molecule has 0 aliphatic rings. The lowest BCUT2D eigenvalue weighted by Gasteiger charge is -2.21. The molecule has 3 nitrogen and oxygen atoms in total. The van der Waals surface area contributed by atoms with E-state index in [-0.39, 0.29) is 17.9 Å². The molecule has 0 saturated heterocycles. The van der Waals surface area contributed by atoms with Gasteiger partial charge in [0.2, 0.25) is 5.91 Å². The summed E-state index contributed by atoms with van der Waals surface area (Å²) in [5.74, 6) is 0.651. The van der Waals surface area contributed by atoms with E-state index in [0.29, 0.717) is 5.92 Å². The third kappa shape index (κ3) is 4.34. The summed E-state index contributed by atoms with van der Waals surface area (Å²) in [7, 11) is 0. The van der Waals surface area contributed by atoms with Gasteiger partial charge in [-0.2, -0.15) is 0 Å². The van der Waals surface area contributed by atoms with Gasteiger partial charge in [-0.15, -0.1) is 0 Å². The summed E-state index contributed by atoms with van der Waals surface area (Å²) in [6.45, 7) is 10.4. The molecule has 0 aliphatic carbocycles. The van der Waals surface area contributed by atoms with E-state index >= 15 is 0 Å². The van der Waals surface area contributed by atoms with E-state index in [1.807, 2.05) is 20.8 Å². The van der Waals surface area contributed by atoms with Crippen LogP contribution in [0.25, 0.3) is 0 Å². The number of nitrogens with two attached hydrogens (primary N) is 1. The maximum Gasteiger partial charge on any atom is 0.237 e. The highest BCUT2D eigenvalue weighted by Crippen LogP contribution is 2.19. The lowest BCUT2D eigenvalue weighted by molar-refractivity contribution is -0.124. The van der Waals surface area contributed by atoms with Crippen LogP contribution in [-0.2, 0) is 4.79 Å². The summed E-state index contributed by atoms with van der Waals surface area (Å²) in [5.41, 5.74) is 8.37. The van der Waals surface area contributed by atoms with Crippen LogP contribution in [0.4, 0.5) is 0 Å². The maximum atomic E-state index is 12.1. The van der Waals surface area contributed by atoms with Crippen molar-refractivity contribution in [1.82, 2.24) is 5.32 Å². The van der Waals surface area contributed by atoms with Gasteiger partial charge in [-0.1, -0.05) is 58.4 Å². The molecule has 0 radical (unpaired) electrons. The number of benzene rings is 1. The number of rotatable bonds is 6. The fraction of sp³-hybridized carbons (Fsp3) is 0.588. The lowest BCUT2D eigenvalue weighted by atomic mass is 9.97. The number of amides is 1. The fourth-order valence-corrected chi connectivity index (χ4v) is 2.07. The molecular formula is C17H28N2O. The standard InChI is InChI=1S/C17H28N2O/c1-6-12(4)16(18)17(20)19-13(5)15-9-7-14(8-10-15)11(2)3/h7-13,16H,6,18H2,1-5H3,(H,19,20). The van der Waals surface area contributed by atoms with Crippen molar-refractivity contribution < 1.29 is 4.79 Å². The first-order valence-corrected chi connectivity index (χ1v) is 7.52. The second-order valence-corrected chi connectivity index (χ2v) is 5.96. The first-order chi connectivity index (χ1) is 9.36. The van der Waals surface area contributed by atoms with Crippen LogP contribution in [0, 0.1) is 5.92 Å². The maximum absolute atomic E-state index is 12.1. The number of carbonyl (C=O) groups excluding carboxylic acids is 1. The Morgan fingerprint density at radius 2 is 1.60 bits per heavy atom. The highest BCUT2D eigenvalue weighted by Gasteiger charge is 2.21. The first kappa shape index (κ1) is 16.7. The zero-order chi connectivity index (χ0) is 15.3. The largest absolute Gasteiger partial charge is 0.348 e. The van der Waals surface area contributed by atoms with Crippen LogP contribution in [-0.4, -0.2) is 11.9 Å². The molecule has 0 aromatic heterocycles. The summed E-state index contributed by atoms with van der Waals surface area (Å²) in [5, 5.41) is 3.00. The van der Waals surface area contributed by atoms with Gasteiger partial charge < -0.3 is 11.1 Å². The Kier molecular flexibility index (Phi) is 6.21. The van der Waals surface area contributed by atoms with E-state index in [1.54, 1.807) is 0 Å². The van der Waals surface area contributed by atoms with E-state index < -0.39 is 6.04 Å². The van der Waals surface area contributed by atoms with Crippen molar-refractivity contribution >= 4 is 5.91 Å². The van der Waals surface area contributed by atoms with Crippen molar-refractivity contribution in [3.05, 3.63) is 35.4 Å². The summed E-state index contributed by atoms with van der Waals surface area (Å²) in [6, 6.07) is 7.95. The first-order valence-electron chi connectivity index (χ1n) is 7.52. The van der Waals surface area contributed by atoms with Gasteiger partial charge >= 0.3 is 0 Å². The molecule has 3 atom stereocenters. The summed E-state index contributed by atoms with van der Waals surface area (Å²) in [6.07, 6.45) is 0.909. The van der Waals surface area contributed by atoms with E-state index in [2.05, 4.69) is 43.4 Å². The molecule has 0 saturated carbocycles. The molecule has 1 rings (SSSR count). The molecule has 1 aromatic carbocycles. The van der Waals surface area contributed by atoms with Gasteiger partial charge in [-0.25, -0.2) is 0 Å². The highest BCUT2D eigenvalue weighted by molar-refractivity contribution is 5.82. The zero-order valence-corrected chi connectivity index (χ0v) is 13.3. The van der Waals surface area contributed by atoms with Crippen LogP contribution in [0.15, 0.2) is 24.3 Å². The minimum atomic E-state index is -0.433. The van der Waals surface area contributed by atoms with Gasteiger partial charge in [0.1, 0.15) is 0 Å². The molecule has 0 bridgehead atoms. The van der Waals surface area contributed by atoms with Gasteiger partial charge in [0, 0.05) is 0 Å². The van der Waals surface area contributed by atoms with Crippen molar-refractivity contribution in [2.75, 3.05) is 0 Å². The van der Waals surface area contributed by atoms with Crippen molar-refractivity contribution in [1.29, 1.82) is 0 Å². The minimum absolute atomic E-state index is 0.0150. The molecule has 1 aromatic rings. The smallest absolute Gasteiger partial charge is 0.237 e. The zero-order valence-electron chi connectivity index (χ0n) is 13.3. The van der Waals surface area contributed by atoms with Gasteiger partial charge in [-0.3, -0.25) is 4.79 Å². The average molecular weight is 276 g/mol. The number of nitrogens with one attached hydrogen (secondary N) is 1. The number of carbonyl (C=O) groups is 1. The Morgan fingerprint density at radius 1 is 1.10 bits per heavy atom. The second-order valence-electron chi connectivity index (χ2n) is 5.96. The SMILES string of the molecule is CCC(C)C(N)C(=O)NC(C)c1ccc(C(C)C)cc1. The van der Waals surface area contributed by atoms with Crippen LogP contribution in [0.3, 0.4) is 0 Å². The highest BCUT2D eigenvalue weighted by atomic mass is 16.2. The quantitative estimate of drug-likeness (QED) is 0.837. The molecular weight excluding hydrogens is 248 g/mol. The van der Waals surface area contributed by atoms with Crippen molar-refractivity contribution in [3.63, 3.8) is 0 Å². The molecule has 3 N–H and O–H groups in total. The Morgan fingerprint density at radius 3 is 2.05 bits per heavy atom. The average Bonchev–Trinajstić information content (AvgIpc) is 2.45. The van der Waals surface area contributed by atoms with Crippen LogP contribution >= 0.6 is 0 Å². The van der Waals surface area contributed by atoms with E-state index in [0.717, 1.165) is 12.0 Å². The molecule has 0 aliphatic heterocycles. The number of hydrogen-bond donors (Lipinski definition) is 2. The Balaban J connectivity index is 2.66. The van der Waals surface area contributed by atoms with E-state index in [4.69, 9.17) is 5.73 Å². The summed E-state index contributed by atoms with van der Waals surface area (Å²) < 4.78 is 0. The third-order valence-corrected chi connectivity index (χ3v) is 4.02. The third-order valence-electron chi connectivity index (χ3n) is 4.02. The van der Waals surface area contributed by atoms with E-state index in [9.17, 15) is 4.79 Å². The molecule has 0 spiro atoms. The Bertz CT molecular complexity index is 425. The van der Waals surface area contributed by atoms with Crippen LogP contribution in [0.2, 0.25) is 0 Å². The normalized spacial score (nSPS) is 15.8. The van der Waals surface area contributed by atoms with Crippen molar-refractivity contribution in [2.24, 2.45) is 11.7 Å². The van der Waals surface area contributed by atoms with Gasteiger partial charge in [0.15, 0.2) is 0 Å². The fourth-order valence-electron chi connectivity index (χ4n) is 2.07. The van der Waals surface area contributed by atoms with Gasteiger partial charge in [0.05, 0.1) is 12.1 Å². The molecule has 0 heterocycles. The van der Waals surface area contributed by atoms with Crippen molar-refractivity contribution in [3.8, 4) is 0 Å².